The SMILES string of the molecule is COCCCN(C(=S)Nc1ccc(C)c(Cl)c1)[C@@H]1CCS(=O)(=O)C1. The predicted octanol–water partition coefficient (Wildman–Crippen LogP) is 2.87. The number of rotatable bonds is 6. The fraction of sp³-hybridized carbons (Fsp3) is 0.562. The molecule has 5 nitrogen and oxygen atoms in total. The van der Waals surface area contributed by atoms with Crippen LogP contribution in [0.15, 0.2) is 18.2 Å². The van der Waals surface area contributed by atoms with Crippen molar-refractivity contribution >= 4 is 44.5 Å². The van der Waals surface area contributed by atoms with E-state index in [2.05, 4.69) is 5.32 Å². The van der Waals surface area contributed by atoms with Gasteiger partial charge in [0.1, 0.15) is 0 Å². The van der Waals surface area contributed by atoms with E-state index in [9.17, 15) is 8.42 Å². The van der Waals surface area contributed by atoms with Crippen LogP contribution in [0.2, 0.25) is 5.02 Å². The highest BCUT2D eigenvalue weighted by Crippen LogP contribution is 2.22. The summed E-state index contributed by atoms with van der Waals surface area (Å²) in [6.07, 6.45) is 1.38. The highest BCUT2D eigenvalue weighted by atomic mass is 35.5. The number of methoxy groups -OCH3 is 1. The van der Waals surface area contributed by atoms with Crippen molar-refractivity contribution in [3.05, 3.63) is 28.8 Å². The number of benzene rings is 1. The number of thiocarbonyl (C=S) groups is 1. The minimum atomic E-state index is -2.97. The van der Waals surface area contributed by atoms with Gasteiger partial charge in [-0.3, -0.25) is 0 Å². The third kappa shape index (κ3) is 5.31. The molecule has 1 atom stereocenters. The molecule has 1 aromatic carbocycles. The van der Waals surface area contributed by atoms with E-state index in [-0.39, 0.29) is 17.5 Å². The second-order valence-corrected chi connectivity index (χ2v) is 9.01. The summed E-state index contributed by atoms with van der Waals surface area (Å²) in [6.45, 7) is 3.19. The number of hydrogen-bond donors (Lipinski definition) is 1. The zero-order valence-electron chi connectivity index (χ0n) is 13.9. The smallest absolute Gasteiger partial charge is 0.173 e. The molecular formula is C16H23ClN2O3S2. The fourth-order valence-electron chi connectivity index (χ4n) is 2.72. The van der Waals surface area contributed by atoms with Crippen molar-refractivity contribution in [2.24, 2.45) is 0 Å². The summed E-state index contributed by atoms with van der Waals surface area (Å²) >= 11 is 11.7. The van der Waals surface area contributed by atoms with Gasteiger partial charge < -0.3 is 15.0 Å². The minimum absolute atomic E-state index is 0.0900. The van der Waals surface area contributed by atoms with E-state index in [1.54, 1.807) is 7.11 Å². The standard InChI is InChI=1S/C16H23ClN2O3S2/c1-12-4-5-13(10-15(12)17)18-16(23)19(7-3-8-22-2)14-6-9-24(20,21)11-14/h4-5,10,14H,3,6-9,11H2,1-2H3,(H,18,23)/t14-/m1/s1. The minimum Gasteiger partial charge on any atom is -0.385 e. The molecule has 0 unspecified atom stereocenters. The Hall–Kier alpha value is -0.890. The van der Waals surface area contributed by atoms with Crippen molar-refractivity contribution in [1.29, 1.82) is 0 Å². The second kappa shape index (κ2) is 8.47. The summed E-state index contributed by atoms with van der Waals surface area (Å²) in [5, 5.41) is 4.36. The number of halogens is 1. The molecule has 134 valence electrons. The van der Waals surface area contributed by atoms with Crippen molar-refractivity contribution < 1.29 is 13.2 Å². The lowest BCUT2D eigenvalue weighted by molar-refractivity contribution is 0.181. The second-order valence-electron chi connectivity index (χ2n) is 5.99. The third-order valence-electron chi connectivity index (χ3n) is 4.08. The monoisotopic (exact) mass is 390 g/mol. The van der Waals surface area contributed by atoms with Gasteiger partial charge in [0.2, 0.25) is 0 Å². The number of hydrogen-bond acceptors (Lipinski definition) is 4. The quantitative estimate of drug-likeness (QED) is 0.595. The largest absolute Gasteiger partial charge is 0.385 e. The molecule has 8 heteroatoms. The van der Waals surface area contributed by atoms with Gasteiger partial charge in [-0.2, -0.15) is 0 Å². The van der Waals surface area contributed by atoms with E-state index < -0.39 is 9.84 Å². The van der Waals surface area contributed by atoms with E-state index in [1.807, 2.05) is 30.0 Å². The summed E-state index contributed by atoms with van der Waals surface area (Å²) in [6, 6.07) is 5.56. The molecule has 1 N–H and O–H groups in total. The number of ether oxygens (including phenoxy) is 1. The molecule has 1 aliphatic heterocycles. The Morgan fingerprint density at radius 1 is 1.50 bits per heavy atom. The number of aryl methyl sites for hydroxylation is 1. The third-order valence-corrected chi connectivity index (χ3v) is 6.57. The van der Waals surface area contributed by atoms with Gasteiger partial charge in [-0.25, -0.2) is 8.42 Å². The van der Waals surface area contributed by atoms with Crippen molar-refractivity contribution in [2.45, 2.75) is 25.8 Å². The van der Waals surface area contributed by atoms with Crippen LogP contribution in [-0.2, 0) is 14.6 Å². The van der Waals surface area contributed by atoms with Gasteiger partial charge >= 0.3 is 0 Å². The first-order valence-electron chi connectivity index (χ1n) is 7.85. The van der Waals surface area contributed by atoms with Gasteiger partial charge in [0.05, 0.1) is 11.5 Å². The Balaban J connectivity index is 2.09. The van der Waals surface area contributed by atoms with Crippen LogP contribution in [0, 0.1) is 6.92 Å². The summed E-state index contributed by atoms with van der Waals surface area (Å²) in [5.74, 6) is 0.369. The molecule has 0 bridgehead atoms. The van der Waals surface area contributed by atoms with Crippen LogP contribution in [0.3, 0.4) is 0 Å². The van der Waals surface area contributed by atoms with Crippen LogP contribution in [0.4, 0.5) is 5.69 Å². The first-order chi connectivity index (χ1) is 11.3. The summed E-state index contributed by atoms with van der Waals surface area (Å²) < 4.78 is 28.7. The summed E-state index contributed by atoms with van der Waals surface area (Å²) in [5.41, 5.74) is 1.79. The maximum Gasteiger partial charge on any atom is 0.173 e. The maximum atomic E-state index is 11.8. The van der Waals surface area contributed by atoms with Crippen molar-refractivity contribution in [3.63, 3.8) is 0 Å². The maximum absolute atomic E-state index is 11.8. The van der Waals surface area contributed by atoms with Gasteiger partial charge in [-0.1, -0.05) is 17.7 Å². The highest BCUT2D eigenvalue weighted by molar-refractivity contribution is 7.91. The van der Waals surface area contributed by atoms with Crippen molar-refractivity contribution in [2.75, 3.05) is 37.1 Å². The summed E-state index contributed by atoms with van der Waals surface area (Å²) in [7, 11) is -1.32. The molecule has 1 fully saturated rings. The average Bonchev–Trinajstić information content (AvgIpc) is 2.87. The van der Waals surface area contributed by atoms with Crippen molar-refractivity contribution in [3.8, 4) is 0 Å². The molecule has 0 aliphatic carbocycles. The van der Waals surface area contributed by atoms with Crippen LogP contribution in [0.1, 0.15) is 18.4 Å². The van der Waals surface area contributed by atoms with Crippen LogP contribution in [0.25, 0.3) is 0 Å². The average molecular weight is 391 g/mol. The number of nitrogens with one attached hydrogen (secondary N) is 1. The topological polar surface area (TPSA) is 58.6 Å². The Bertz CT molecular complexity index is 695. The van der Waals surface area contributed by atoms with Gasteiger partial charge in [-0.15, -0.1) is 0 Å². The molecule has 1 aromatic rings. The van der Waals surface area contributed by atoms with E-state index in [4.69, 9.17) is 28.6 Å². The van der Waals surface area contributed by atoms with Gasteiger partial charge in [-0.05, 0) is 49.7 Å². The van der Waals surface area contributed by atoms with Crippen molar-refractivity contribution in [1.82, 2.24) is 4.90 Å². The Morgan fingerprint density at radius 3 is 2.83 bits per heavy atom. The lowest BCUT2D eigenvalue weighted by Crippen LogP contribution is -2.44. The predicted molar refractivity (Wildman–Crippen MR) is 103 cm³/mol. The molecule has 2 rings (SSSR count). The highest BCUT2D eigenvalue weighted by Gasteiger charge is 2.33. The first-order valence-corrected chi connectivity index (χ1v) is 10.5. The molecule has 0 spiro atoms. The molecule has 0 saturated carbocycles. The Labute approximate surface area is 154 Å². The van der Waals surface area contributed by atoms with Gasteiger partial charge in [0.15, 0.2) is 14.9 Å². The molecule has 24 heavy (non-hydrogen) atoms. The molecule has 1 saturated heterocycles. The molecule has 0 aromatic heterocycles. The Kier molecular flexibility index (Phi) is 6.86. The zero-order valence-corrected chi connectivity index (χ0v) is 16.3. The zero-order chi connectivity index (χ0) is 17.7. The molecule has 0 amide bonds. The van der Waals surface area contributed by atoms with E-state index in [0.717, 1.165) is 17.7 Å². The van der Waals surface area contributed by atoms with Crippen LogP contribution in [0.5, 0.6) is 0 Å². The summed E-state index contributed by atoms with van der Waals surface area (Å²) in [4.78, 5) is 1.96. The van der Waals surface area contributed by atoms with Crippen LogP contribution >= 0.6 is 23.8 Å². The van der Waals surface area contributed by atoms with Gasteiger partial charge in [0.25, 0.3) is 0 Å². The molecule has 1 heterocycles. The van der Waals surface area contributed by atoms with Crippen LogP contribution < -0.4 is 5.32 Å². The van der Waals surface area contributed by atoms with E-state index in [1.165, 1.54) is 0 Å². The molecule has 1 aliphatic rings. The first kappa shape index (κ1) is 19.4. The normalized spacial score (nSPS) is 19.2. The number of sulfone groups is 1. The number of anilines is 1. The van der Waals surface area contributed by atoms with E-state index >= 15 is 0 Å². The Morgan fingerprint density at radius 2 is 2.25 bits per heavy atom. The molecular weight excluding hydrogens is 368 g/mol. The van der Waals surface area contributed by atoms with Gasteiger partial charge in [0, 0.05) is 37.0 Å². The number of nitrogens with zero attached hydrogens (tertiary/aromatic N) is 1. The lowest BCUT2D eigenvalue weighted by atomic mass is 10.2. The molecule has 0 radical (unpaired) electrons. The van der Waals surface area contributed by atoms with Crippen LogP contribution in [-0.4, -0.2) is 56.2 Å². The lowest BCUT2D eigenvalue weighted by Gasteiger charge is -2.31. The van der Waals surface area contributed by atoms with E-state index in [0.29, 0.717) is 29.7 Å². The fourth-order valence-corrected chi connectivity index (χ4v) is 4.99.